The maximum Gasteiger partial charge on any atom is 0.335 e. The van der Waals surface area contributed by atoms with Gasteiger partial charge in [0.1, 0.15) is 0 Å². The summed E-state index contributed by atoms with van der Waals surface area (Å²) in [6.07, 6.45) is 3.99. The first-order valence-electron chi connectivity index (χ1n) is 7.24. The highest BCUT2D eigenvalue weighted by Gasteiger charge is 2.16. The fraction of sp³-hybridized carbons (Fsp3) is 0.158. The van der Waals surface area contributed by atoms with Crippen molar-refractivity contribution in [1.29, 1.82) is 0 Å². The molecule has 0 heterocycles. The molecule has 0 saturated heterocycles. The van der Waals surface area contributed by atoms with Crippen LogP contribution in [0.4, 0.5) is 0 Å². The van der Waals surface area contributed by atoms with Gasteiger partial charge >= 0.3 is 5.97 Å². The van der Waals surface area contributed by atoms with Crippen molar-refractivity contribution in [3.63, 3.8) is 0 Å². The molecule has 1 aliphatic carbocycles. The normalized spacial score (nSPS) is 13.2. The van der Waals surface area contributed by atoms with E-state index in [1.54, 1.807) is 19.1 Å². The van der Waals surface area contributed by atoms with Crippen LogP contribution in [0.2, 0.25) is 0 Å². The lowest BCUT2D eigenvalue weighted by Gasteiger charge is -2.19. The molecule has 3 nitrogen and oxygen atoms in total. The van der Waals surface area contributed by atoms with E-state index in [2.05, 4.69) is 6.08 Å². The van der Waals surface area contributed by atoms with Crippen molar-refractivity contribution in [2.45, 2.75) is 19.8 Å². The van der Waals surface area contributed by atoms with Crippen LogP contribution in [0.1, 0.15) is 50.8 Å². The number of carboxylic acid groups (broad SMARTS) is 1. The van der Waals surface area contributed by atoms with Crippen molar-refractivity contribution < 1.29 is 14.7 Å². The van der Waals surface area contributed by atoms with E-state index in [4.69, 9.17) is 0 Å². The topological polar surface area (TPSA) is 54.4 Å². The predicted octanol–water partition coefficient (Wildman–Crippen LogP) is 3.97. The molecule has 22 heavy (non-hydrogen) atoms. The van der Waals surface area contributed by atoms with E-state index < -0.39 is 5.97 Å². The van der Waals surface area contributed by atoms with Crippen molar-refractivity contribution in [2.24, 2.45) is 0 Å². The van der Waals surface area contributed by atoms with Crippen LogP contribution in [0.15, 0.2) is 48.5 Å². The fourth-order valence-electron chi connectivity index (χ4n) is 2.82. The van der Waals surface area contributed by atoms with Crippen LogP contribution >= 0.6 is 0 Å². The van der Waals surface area contributed by atoms with Gasteiger partial charge in [0.05, 0.1) is 5.56 Å². The maximum atomic E-state index is 11.4. The highest BCUT2D eigenvalue weighted by atomic mass is 16.4. The largest absolute Gasteiger partial charge is 0.478 e. The van der Waals surface area contributed by atoms with Crippen LogP contribution in [-0.2, 0) is 6.42 Å². The van der Waals surface area contributed by atoms with Gasteiger partial charge in [-0.3, -0.25) is 4.79 Å². The van der Waals surface area contributed by atoms with Gasteiger partial charge in [-0.05, 0) is 54.2 Å². The zero-order valence-electron chi connectivity index (χ0n) is 12.3. The summed E-state index contributed by atoms with van der Waals surface area (Å²) >= 11 is 0. The standard InChI is InChI=1S/C19H16O3/c1-12(20)13-5-7-15(8-6-13)17-4-2-3-14-9-10-16(19(21)22)11-18(14)17/h4-11H,2-3H2,1H3,(H,21,22). The number of aromatic carboxylic acids is 1. The van der Waals surface area contributed by atoms with Crippen LogP contribution in [0.3, 0.4) is 0 Å². The Morgan fingerprint density at radius 3 is 2.32 bits per heavy atom. The first-order valence-corrected chi connectivity index (χ1v) is 7.24. The molecular weight excluding hydrogens is 276 g/mol. The van der Waals surface area contributed by atoms with E-state index in [0.29, 0.717) is 11.1 Å². The van der Waals surface area contributed by atoms with E-state index in [9.17, 15) is 14.7 Å². The number of benzene rings is 2. The number of hydrogen-bond acceptors (Lipinski definition) is 2. The summed E-state index contributed by atoms with van der Waals surface area (Å²) in [4.78, 5) is 22.6. The highest BCUT2D eigenvalue weighted by molar-refractivity contribution is 5.95. The Balaban J connectivity index is 2.06. The van der Waals surface area contributed by atoms with Crippen LogP contribution in [0.5, 0.6) is 0 Å². The second kappa shape index (κ2) is 5.60. The number of aryl methyl sites for hydroxylation is 1. The molecule has 0 atom stereocenters. The lowest BCUT2D eigenvalue weighted by atomic mass is 9.85. The Morgan fingerprint density at radius 1 is 1.00 bits per heavy atom. The molecule has 110 valence electrons. The molecule has 0 bridgehead atoms. The van der Waals surface area contributed by atoms with Crippen molar-refractivity contribution >= 4 is 17.3 Å². The molecular formula is C19H16O3. The summed E-state index contributed by atoms with van der Waals surface area (Å²) in [6.45, 7) is 1.54. The molecule has 0 radical (unpaired) electrons. The lowest BCUT2D eigenvalue weighted by molar-refractivity contribution is 0.0696. The third-order valence-electron chi connectivity index (χ3n) is 4.01. The van der Waals surface area contributed by atoms with Gasteiger partial charge in [0.2, 0.25) is 0 Å². The molecule has 0 aliphatic heterocycles. The molecule has 2 aromatic carbocycles. The second-order valence-electron chi connectivity index (χ2n) is 5.47. The fourth-order valence-corrected chi connectivity index (χ4v) is 2.82. The number of allylic oxidation sites excluding steroid dienone is 1. The number of hydrogen-bond donors (Lipinski definition) is 1. The van der Waals surface area contributed by atoms with E-state index in [-0.39, 0.29) is 5.78 Å². The quantitative estimate of drug-likeness (QED) is 0.871. The summed E-state index contributed by atoms with van der Waals surface area (Å²) in [5, 5.41) is 9.18. The minimum atomic E-state index is -0.917. The first kappa shape index (κ1) is 14.3. The summed E-state index contributed by atoms with van der Waals surface area (Å²) in [7, 11) is 0. The van der Waals surface area contributed by atoms with E-state index in [1.807, 2.05) is 30.3 Å². The highest BCUT2D eigenvalue weighted by Crippen LogP contribution is 2.32. The smallest absolute Gasteiger partial charge is 0.335 e. The summed E-state index contributed by atoms with van der Waals surface area (Å²) < 4.78 is 0. The monoisotopic (exact) mass is 292 g/mol. The Bertz CT molecular complexity index is 783. The predicted molar refractivity (Wildman–Crippen MR) is 85.2 cm³/mol. The van der Waals surface area contributed by atoms with Gasteiger partial charge in [0.15, 0.2) is 5.78 Å². The molecule has 0 unspecified atom stereocenters. The number of fused-ring (bicyclic) bond motifs is 1. The number of ketones is 1. The average Bonchev–Trinajstić information content (AvgIpc) is 2.53. The van der Waals surface area contributed by atoms with Crippen molar-refractivity contribution in [2.75, 3.05) is 0 Å². The third kappa shape index (κ3) is 2.58. The van der Waals surface area contributed by atoms with Crippen LogP contribution < -0.4 is 0 Å². The van der Waals surface area contributed by atoms with Crippen molar-refractivity contribution in [3.05, 3.63) is 76.4 Å². The van der Waals surface area contributed by atoms with Gasteiger partial charge in [-0.2, -0.15) is 0 Å². The van der Waals surface area contributed by atoms with E-state index >= 15 is 0 Å². The van der Waals surface area contributed by atoms with Gasteiger partial charge in [0.25, 0.3) is 0 Å². The van der Waals surface area contributed by atoms with E-state index in [1.165, 1.54) is 0 Å². The molecule has 0 fully saturated rings. The zero-order valence-corrected chi connectivity index (χ0v) is 12.3. The van der Waals surface area contributed by atoms with Crippen LogP contribution in [0, 0.1) is 0 Å². The minimum absolute atomic E-state index is 0.0396. The van der Waals surface area contributed by atoms with Crippen LogP contribution in [0.25, 0.3) is 5.57 Å². The Morgan fingerprint density at radius 2 is 1.68 bits per heavy atom. The molecule has 3 heteroatoms. The molecule has 2 aromatic rings. The summed E-state index contributed by atoms with van der Waals surface area (Å²) in [5.41, 5.74) is 5.17. The van der Waals surface area contributed by atoms with Gasteiger partial charge in [0, 0.05) is 5.56 Å². The molecule has 3 rings (SSSR count). The van der Waals surface area contributed by atoms with Gasteiger partial charge in [-0.15, -0.1) is 0 Å². The Labute approximate surface area is 128 Å². The van der Waals surface area contributed by atoms with Gasteiger partial charge in [-0.1, -0.05) is 36.4 Å². The minimum Gasteiger partial charge on any atom is -0.478 e. The molecule has 0 spiro atoms. The van der Waals surface area contributed by atoms with Crippen molar-refractivity contribution in [3.8, 4) is 0 Å². The molecule has 1 aliphatic rings. The number of Topliss-reactive ketones (excluding diaryl/α,β-unsaturated/α-hetero) is 1. The summed E-state index contributed by atoms with van der Waals surface area (Å²) in [6, 6.07) is 12.8. The molecule has 0 saturated carbocycles. The zero-order chi connectivity index (χ0) is 15.7. The Kier molecular flexibility index (Phi) is 3.63. The average molecular weight is 292 g/mol. The lowest BCUT2D eigenvalue weighted by Crippen LogP contribution is -2.05. The maximum absolute atomic E-state index is 11.4. The Hall–Kier alpha value is -2.68. The number of carbonyl (C=O) groups excluding carboxylic acids is 1. The summed E-state index contributed by atoms with van der Waals surface area (Å²) in [5.74, 6) is -0.877. The van der Waals surface area contributed by atoms with E-state index in [0.717, 1.165) is 35.1 Å². The molecule has 1 N–H and O–H groups in total. The molecule has 0 amide bonds. The number of carbonyl (C=O) groups is 2. The van der Waals surface area contributed by atoms with Gasteiger partial charge < -0.3 is 5.11 Å². The number of carboxylic acids is 1. The van der Waals surface area contributed by atoms with Crippen molar-refractivity contribution in [1.82, 2.24) is 0 Å². The first-order chi connectivity index (χ1) is 10.6. The third-order valence-corrected chi connectivity index (χ3v) is 4.01. The SMILES string of the molecule is CC(=O)c1ccc(C2=CCCc3ccc(C(=O)O)cc32)cc1. The van der Waals surface area contributed by atoms with Crippen LogP contribution in [-0.4, -0.2) is 16.9 Å². The second-order valence-corrected chi connectivity index (χ2v) is 5.47. The number of rotatable bonds is 3. The molecule has 0 aromatic heterocycles. The van der Waals surface area contributed by atoms with Gasteiger partial charge in [-0.25, -0.2) is 4.79 Å².